The maximum atomic E-state index is 13.7. The summed E-state index contributed by atoms with van der Waals surface area (Å²) in [6, 6.07) is 6.04. The summed E-state index contributed by atoms with van der Waals surface area (Å²) in [7, 11) is 1.37. The Morgan fingerprint density at radius 1 is 1.24 bits per heavy atom. The second-order valence-electron chi connectivity index (χ2n) is 4.09. The second kappa shape index (κ2) is 6.09. The van der Waals surface area contributed by atoms with Gasteiger partial charge in [0.25, 0.3) is 5.91 Å². The van der Waals surface area contributed by atoms with Crippen LogP contribution in [-0.2, 0) is 0 Å². The van der Waals surface area contributed by atoms with Crippen molar-refractivity contribution in [3.8, 4) is 11.5 Å². The Morgan fingerprint density at radius 3 is 2.38 bits per heavy atom. The summed E-state index contributed by atoms with van der Waals surface area (Å²) in [5.41, 5.74) is -0.520. The highest BCUT2D eigenvalue weighted by Gasteiger charge is 2.19. The number of carbonyl (C=O) groups is 1. The Kier molecular flexibility index (Phi) is 4.42. The van der Waals surface area contributed by atoms with Crippen LogP contribution in [0.25, 0.3) is 0 Å². The number of ether oxygens (including phenoxy) is 1. The molecule has 21 heavy (non-hydrogen) atoms. The molecule has 0 saturated heterocycles. The van der Waals surface area contributed by atoms with Gasteiger partial charge in [0.1, 0.15) is 17.2 Å². The van der Waals surface area contributed by atoms with E-state index >= 15 is 0 Å². The fraction of sp³-hybridized carbons (Fsp3) is 0.0714. The fourth-order valence-corrected chi connectivity index (χ4v) is 2.12. The van der Waals surface area contributed by atoms with Crippen LogP contribution in [-0.4, -0.2) is 18.1 Å². The van der Waals surface area contributed by atoms with E-state index in [0.29, 0.717) is 0 Å². The van der Waals surface area contributed by atoms with Crippen molar-refractivity contribution < 1.29 is 23.4 Å². The average Bonchev–Trinajstić information content (AvgIpc) is 2.37. The molecule has 0 unspecified atom stereocenters. The number of hydrogen-bond donors (Lipinski definition) is 2. The Hall–Kier alpha value is -2.15. The quantitative estimate of drug-likeness (QED) is 0.880. The predicted molar refractivity (Wildman–Crippen MR) is 76.7 cm³/mol. The number of benzene rings is 2. The molecule has 0 aliphatic heterocycles. The predicted octanol–water partition coefficient (Wildman–Crippen LogP) is 3.69. The first-order valence-electron chi connectivity index (χ1n) is 5.75. The minimum absolute atomic E-state index is 0.181. The summed E-state index contributed by atoms with van der Waals surface area (Å²) in [6.45, 7) is 0. The monoisotopic (exact) mass is 357 g/mol. The molecule has 1 amide bonds. The number of amides is 1. The highest BCUT2D eigenvalue weighted by Crippen LogP contribution is 2.29. The molecule has 7 heteroatoms. The SMILES string of the molecule is COc1ccc(NC(=O)c2c(F)cc(Br)cc2F)cc1O. The molecule has 0 aromatic heterocycles. The normalized spacial score (nSPS) is 10.3. The molecule has 2 aromatic carbocycles. The van der Waals surface area contributed by atoms with Gasteiger partial charge in [0.15, 0.2) is 11.5 Å². The Morgan fingerprint density at radius 2 is 1.86 bits per heavy atom. The number of halogens is 3. The maximum absolute atomic E-state index is 13.7. The van der Waals surface area contributed by atoms with Gasteiger partial charge in [0.05, 0.1) is 7.11 Å². The number of hydrogen-bond acceptors (Lipinski definition) is 3. The Bertz CT molecular complexity index is 684. The molecule has 2 aromatic rings. The Balaban J connectivity index is 2.28. The zero-order chi connectivity index (χ0) is 15.6. The zero-order valence-electron chi connectivity index (χ0n) is 10.8. The number of methoxy groups -OCH3 is 1. The minimum Gasteiger partial charge on any atom is -0.504 e. The maximum Gasteiger partial charge on any atom is 0.261 e. The van der Waals surface area contributed by atoms with Crippen molar-refractivity contribution in [3.63, 3.8) is 0 Å². The van der Waals surface area contributed by atoms with E-state index in [1.165, 1.54) is 25.3 Å². The van der Waals surface area contributed by atoms with Gasteiger partial charge in [-0.15, -0.1) is 0 Å². The van der Waals surface area contributed by atoms with Gasteiger partial charge in [-0.25, -0.2) is 8.78 Å². The van der Waals surface area contributed by atoms with Crippen LogP contribution in [0.3, 0.4) is 0 Å². The molecule has 0 fully saturated rings. The van der Waals surface area contributed by atoms with Gasteiger partial charge in [-0.3, -0.25) is 4.79 Å². The molecule has 0 saturated carbocycles. The van der Waals surface area contributed by atoms with Crippen LogP contribution in [0.2, 0.25) is 0 Å². The standard InChI is InChI=1S/C14H10BrF2NO3/c1-21-12-3-2-8(6-11(12)19)18-14(20)13-9(16)4-7(15)5-10(13)17/h2-6,19H,1H3,(H,18,20). The van der Waals surface area contributed by atoms with Gasteiger partial charge in [0, 0.05) is 16.2 Å². The molecule has 2 rings (SSSR count). The number of rotatable bonds is 3. The van der Waals surface area contributed by atoms with Gasteiger partial charge >= 0.3 is 0 Å². The van der Waals surface area contributed by atoms with E-state index in [1.807, 2.05) is 0 Å². The summed E-state index contributed by atoms with van der Waals surface area (Å²) in [6.07, 6.45) is 0. The third-order valence-corrected chi connectivity index (χ3v) is 3.13. The summed E-state index contributed by atoms with van der Waals surface area (Å²) >= 11 is 2.93. The summed E-state index contributed by atoms with van der Waals surface area (Å²) in [5, 5.41) is 11.9. The molecule has 110 valence electrons. The van der Waals surface area contributed by atoms with Crippen molar-refractivity contribution in [1.29, 1.82) is 0 Å². The summed E-state index contributed by atoms with van der Waals surface area (Å²) in [4.78, 5) is 11.9. The molecule has 0 heterocycles. The number of nitrogens with one attached hydrogen (secondary N) is 1. The molecule has 0 spiro atoms. The lowest BCUT2D eigenvalue weighted by Gasteiger charge is -2.09. The minimum atomic E-state index is -0.989. The molecule has 2 N–H and O–H groups in total. The van der Waals surface area contributed by atoms with Crippen LogP contribution in [0.1, 0.15) is 10.4 Å². The van der Waals surface area contributed by atoms with Crippen LogP contribution in [0.5, 0.6) is 11.5 Å². The van der Waals surface area contributed by atoms with Crippen LogP contribution < -0.4 is 10.1 Å². The van der Waals surface area contributed by atoms with Crippen molar-refractivity contribution in [1.82, 2.24) is 0 Å². The van der Waals surface area contributed by atoms with Crippen molar-refractivity contribution in [2.24, 2.45) is 0 Å². The van der Waals surface area contributed by atoms with Crippen LogP contribution in [0.15, 0.2) is 34.8 Å². The van der Waals surface area contributed by atoms with Gasteiger partial charge in [-0.05, 0) is 24.3 Å². The lowest BCUT2D eigenvalue weighted by molar-refractivity contribution is 0.101. The molecular weight excluding hydrogens is 348 g/mol. The number of aromatic hydroxyl groups is 1. The number of carbonyl (C=O) groups excluding carboxylic acids is 1. The second-order valence-corrected chi connectivity index (χ2v) is 5.00. The van der Waals surface area contributed by atoms with Crippen molar-refractivity contribution in [2.45, 2.75) is 0 Å². The smallest absolute Gasteiger partial charge is 0.261 e. The lowest BCUT2D eigenvalue weighted by atomic mass is 10.1. The molecule has 0 bridgehead atoms. The number of phenolic OH excluding ortho intramolecular Hbond substituents is 1. The van der Waals surface area contributed by atoms with E-state index in [0.717, 1.165) is 12.1 Å². The van der Waals surface area contributed by atoms with E-state index in [9.17, 15) is 18.7 Å². The third kappa shape index (κ3) is 3.30. The third-order valence-electron chi connectivity index (χ3n) is 2.67. The molecule has 0 radical (unpaired) electrons. The first-order chi connectivity index (χ1) is 9.92. The largest absolute Gasteiger partial charge is 0.504 e. The zero-order valence-corrected chi connectivity index (χ0v) is 12.4. The highest BCUT2D eigenvalue weighted by atomic mass is 79.9. The van der Waals surface area contributed by atoms with Gasteiger partial charge in [0.2, 0.25) is 0 Å². The highest BCUT2D eigenvalue weighted by molar-refractivity contribution is 9.10. The van der Waals surface area contributed by atoms with Crippen molar-refractivity contribution in [3.05, 3.63) is 52.0 Å². The van der Waals surface area contributed by atoms with Crippen LogP contribution >= 0.6 is 15.9 Å². The lowest BCUT2D eigenvalue weighted by Crippen LogP contribution is -2.16. The van der Waals surface area contributed by atoms with Gasteiger partial charge < -0.3 is 15.2 Å². The molecule has 4 nitrogen and oxygen atoms in total. The fourth-order valence-electron chi connectivity index (χ4n) is 1.72. The topological polar surface area (TPSA) is 58.6 Å². The van der Waals surface area contributed by atoms with Gasteiger partial charge in [-0.2, -0.15) is 0 Å². The van der Waals surface area contributed by atoms with E-state index in [1.54, 1.807) is 0 Å². The van der Waals surface area contributed by atoms with E-state index in [4.69, 9.17) is 4.74 Å². The average molecular weight is 358 g/mol. The molecule has 0 aliphatic carbocycles. The summed E-state index contributed by atoms with van der Waals surface area (Å²) in [5.74, 6) is -2.92. The van der Waals surface area contributed by atoms with Crippen molar-refractivity contribution in [2.75, 3.05) is 12.4 Å². The van der Waals surface area contributed by atoms with Crippen LogP contribution in [0, 0.1) is 11.6 Å². The molecule has 0 aliphatic rings. The van der Waals surface area contributed by atoms with E-state index in [-0.39, 0.29) is 21.7 Å². The van der Waals surface area contributed by atoms with Gasteiger partial charge in [-0.1, -0.05) is 15.9 Å². The van der Waals surface area contributed by atoms with Crippen molar-refractivity contribution >= 4 is 27.5 Å². The Labute approximate surface area is 127 Å². The van der Waals surface area contributed by atoms with E-state index < -0.39 is 23.1 Å². The first-order valence-corrected chi connectivity index (χ1v) is 6.54. The summed E-state index contributed by atoms with van der Waals surface area (Å²) < 4.78 is 32.4. The first kappa shape index (κ1) is 15.2. The molecular formula is C14H10BrF2NO3. The number of phenols is 1. The van der Waals surface area contributed by atoms with Crippen LogP contribution in [0.4, 0.5) is 14.5 Å². The molecule has 0 atom stereocenters. The van der Waals surface area contributed by atoms with E-state index in [2.05, 4.69) is 21.2 Å². The number of anilines is 1.